The first kappa shape index (κ1) is 28.2. The number of benzene rings is 1. The SMILES string of the molecule is CC(N)C(=O)NC(CCCN=C(N)N)C(=O)NC(F)(F)C(=O)NC(Cc1ccccc1)C(N)=O. The second-order valence-corrected chi connectivity index (χ2v) is 7.48. The average molecular weight is 485 g/mol. The topological polar surface area (TPSA) is 221 Å². The summed E-state index contributed by atoms with van der Waals surface area (Å²) in [4.78, 5) is 51.9. The molecule has 0 heterocycles. The van der Waals surface area contributed by atoms with E-state index in [1.807, 2.05) is 5.32 Å². The van der Waals surface area contributed by atoms with Gasteiger partial charge in [0.2, 0.25) is 17.7 Å². The predicted octanol–water partition coefficient (Wildman–Crippen LogP) is -2.21. The van der Waals surface area contributed by atoms with Crippen LogP contribution in [0.4, 0.5) is 8.78 Å². The van der Waals surface area contributed by atoms with Gasteiger partial charge in [-0.3, -0.25) is 29.5 Å². The zero-order valence-electron chi connectivity index (χ0n) is 18.6. The predicted molar refractivity (Wildman–Crippen MR) is 120 cm³/mol. The average Bonchev–Trinajstić information content (AvgIpc) is 2.75. The summed E-state index contributed by atoms with van der Waals surface area (Å²) in [5.41, 5.74) is 21.6. The molecule has 3 unspecified atom stereocenters. The van der Waals surface area contributed by atoms with Crippen LogP contribution in [0.15, 0.2) is 35.3 Å². The quantitative estimate of drug-likeness (QED) is 0.0707. The highest BCUT2D eigenvalue weighted by Gasteiger charge is 2.43. The number of hydrogen-bond donors (Lipinski definition) is 7. The number of carbonyl (C=O) groups excluding carboxylic acids is 4. The van der Waals surface area contributed by atoms with Crippen molar-refractivity contribution in [3.05, 3.63) is 35.9 Å². The Morgan fingerprint density at radius 2 is 1.62 bits per heavy atom. The Kier molecular flexibility index (Phi) is 10.8. The van der Waals surface area contributed by atoms with Crippen LogP contribution in [-0.4, -0.2) is 60.3 Å². The molecule has 3 atom stereocenters. The number of halogens is 2. The maximum atomic E-state index is 14.5. The zero-order valence-corrected chi connectivity index (χ0v) is 18.6. The normalized spacial score (nSPS) is 13.6. The molecular weight excluding hydrogens is 454 g/mol. The van der Waals surface area contributed by atoms with Gasteiger partial charge in [0.15, 0.2) is 5.96 Å². The van der Waals surface area contributed by atoms with Gasteiger partial charge in [-0.05, 0) is 25.3 Å². The van der Waals surface area contributed by atoms with Gasteiger partial charge < -0.3 is 33.6 Å². The number of nitrogens with zero attached hydrogens (tertiary/aromatic N) is 1. The number of hydrogen-bond acceptors (Lipinski definition) is 6. The maximum absolute atomic E-state index is 14.5. The smallest absolute Gasteiger partial charge is 0.370 e. The van der Waals surface area contributed by atoms with Crippen molar-refractivity contribution in [1.29, 1.82) is 0 Å². The molecule has 12 nitrogen and oxygen atoms in total. The number of guanidine groups is 1. The van der Waals surface area contributed by atoms with E-state index in [4.69, 9.17) is 22.9 Å². The van der Waals surface area contributed by atoms with E-state index in [1.54, 1.807) is 30.3 Å². The minimum atomic E-state index is -4.42. The molecule has 14 heteroatoms. The van der Waals surface area contributed by atoms with Crippen LogP contribution in [-0.2, 0) is 25.6 Å². The first-order valence-corrected chi connectivity index (χ1v) is 10.3. The Balaban J connectivity index is 2.88. The lowest BCUT2D eigenvalue weighted by Gasteiger charge is -2.24. The number of aliphatic imine (C=N–C) groups is 1. The number of nitrogens with two attached hydrogens (primary N) is 4. The van der Waals surface area contributed by atoms with Gasteiger partial charge in [0.25, 0.3) is 0 Å². The van der Waals surface area contributed by atoms with Crippen LogP contribution in [0.3, 0.4) is 0 Å². The second-order valence-electron chi connectivity index (χ2n) is 7.48. The minimum absolute atomic E-state index is 0.0663. The number of nitrogens with one attached hydrogen (secondary N) is 3. The Labute approximate surface area is 194 Å². The summed E-state index contributed by atoms with van der Waals surface area (Å²) in [5, 5.41) is 5.35. The number of alkyl halides is 2. The van der Waals surface area contributed by atoms with E-state index in [0.717, 1.165) is 0 Å². The molecule has 11 N–H and O–H groups in total. The molecule has 4 amide bonds. The molecule has 0 aliphatic carbocycles. The van der Waals surface area contributed by atoms with Gasteiger partial charge in [0.1, 0.15) is 12.1 Å². The Bertz CT molecular complexity index is 892. The molecule has 0 spiro atoms. The fourth-order valence-electron chi connectivity index (χ4n) is 2.70. The van der Waals surface area contributed by atoms with Crippen LogP contribution in [0.25, 0.3) is 0 Å². The lowest BCUT2D eigenvalue weighted by Crippen LogP contribution is -2.61. The molecule has 0 saturated carbocycles. The molecule has 34 heavy (non-hydrogen) atoms. The molecule has 0 bridgehead atoms. The Morgan fingerprint density at radius 1 is 1.00 bits per heavy atom. The van der Waals surface area contributed by atoms with E-state index in [-0.39, 0.29) is 31.8 Å². The molecule has 0 aromatic heterocycles. The summed E-state index contributed by atoms with van der Waals surface area (Å²) >= 11 is 0. The van der Waals surface area contributed by atoms with Crippen molar-refractivity contribution in [2.24, 2.45) is 27.9 Å². The highest BCUT2D eigenvalue weighted by molar-refractivity contribution is 5.95. The van der Waals surface area contributed by atoms with Gasteiger partial charge >= 0.3 is 12.0 Å². The van der Waals surface area contributed by atoms with Crippen LogP contribution >= 0.6 is 0 Å². The van der Waals surface area contributed by atoms with Crippen molar-refractivity contribution in [3.8, 4) is 0 Å². The highest BCUT2D eigenvalue weighted by atomic mass is 19.3. The summed E-state index contributed by atoms with van der Waals surface area (Å²) in [7, 11) is 0. The van der Waals surface area contributed by atoms with Gasteiger partial charge in [-0.2, -0.15) is 8.78 Å². The third-order valence-corrected chi connectivity index (χ3v) is 4.49. The first-order valence-electron chi connectivity index (χ1n) is 10.3. The van der Waals surface area contributed by atoms with E-state index in [1.165, 1.54) is 12.2 Å². The molecule has 188 valence electrons. The van der Waals surface area contributed by atoms with E-state index in [0.29, 0.717) is 5.56 Å². The van der Waals surface area contributed by atoms with Crippen molar-refractivity contribution >= 4 is 29.6 Å². The third-order valence-electron chi connectivity index (χ3n) is 4.49. The van der Waals surface area contributed by atoms with Gasteiger partial charge in [-0.15, -0.1) is 0 Å². The summed E-state index contributed by atoms with van der Waals surface area (Å²) in [5.74, 6) is -5.31. The highest BCUT2D eigenvalue weighted by Crippen LogP contribution is 2.13. The monoisotopic (exact) mass is 484 g/mol. The van der Waals surface area contributed by atoms with Crippen molar-refractivity contribution in [1.82, 2.24) is 16.0 Å². The van der Waals surface area contributed by atoms with Crippen molar-refractivity contribution < 1.29 is 28.0 Å². The van der Waals surface area contributed by atoms with Crippen LogP contribution in [0, 0.1) is 0 Å². The first-order chi connectivity index (χ1) is 15.8. The molecule has 0 radical (unpaired) electrons. The van der Waals surface area contributed by atoms with Crippen molar-refractivity contribution in [2.45, 2.75) is 50.4 Å². The van der Waals surface area contributed by atoms with Gasteiger partial charge in [-0.1, -0.05) is 30.3 Å². The lowest BCUT2D eigenvalue weighted by atomic mass is 10.1. The molecular formula is C20H30F2N8O4. The molecule has 0 saturated heterocycles. The Morgan fingerprint density at radius 3 is 2.15 bits per heavy atom. The number of amides is 4. The number of carbonyl (C=O) groups is 4. The van der Waals surface area contributed by atoms with E-state index < -0.39 is 47.8 Å². The minimum Gasteiger partial charge on any atom is -0.370 e. The lowest BCUT2D eigenvalue weighted by molar-refractivity contribution is -0.158. The maximum Gasteiger partial charge on any atom is 0.404 e. The van der Waals surface area contributed by atoms with Crippen molar-refractivity contribution in [3.63, 3.8) is 0 Å². The van der Waals surface area contributed by atoms with Gasteiger partial charge in [0, 0.05) is 13.0 Å². The number of rotatable bonds is 13. The molecule has 1 aromatic rings. The fraction of sp³-hybridized carbons (Fsp3) is 0.450. The Hall–Kier alpha value is -3.81. The molecule has 0 aliphatic heterocycles. The largest absolute Gasteiger partial charge is 0.404 e. The summed E-state index contributed by atoms with van der Waals surface area (Å²) in [6.45, 7) is 1.40. The molecule has 1 aromatic carbocycles. The molecule has 0 aliphatic rings. The number of primary amides is 1. The van der Waals surface area contributed by atoms with Crippen LogP contribution in [0.1, 0.15) is 25.3 Å². The van der Waals surface area contributed by atoms with Crippen LogP contribution in [0.5, 0.6) is 0 Å². The summed E-state index contributed by atoms with van der Waals surface area (Å²) in [6.07, 6.45) is -0.117. The van der Waals surface area contributed by atoms with E-state index >= 15 is 0 Å². The van der Waals surface area contributed by atoms with Crippen LogP contribution in [0.2, 0.25) is 0 Å². The molecule has 0 fully saturated rings. The van der Waals surface area contributed by atoms with Gasteiger partial charge in [0.05, 0.1) is 6.04 Å². The van der Waals surface area contributed by atoms with E-state index in [9.17, 15) is 28.0 Å². The summed E-state index contributed by atoms with van der Waals surface area (Å²) in [6, 6.07) is -0.0744. The van der Waals surface area contributed by atoms with E-state index in [2.05, 4.69) is 10.3 Å². The van der Waals surface area contributed by atoms with Crippen molar-refractivity contribution in [2.75, 3.05) is 6.54 Å². The zero-order chi connectivity index (χ0) is 25.9. The molecule has 1 rings (SSSR count). The third kappa shape index (κ3) is 9.77. The second kappa shape index (κ2) is 13.0. The van der Waals surface area contributed by atoms with Crippen LogP contribution < -0.4 is 38.9 Å². The fourth-order valence-corrected chi connectivity index (χ4v) is 2.70. The summed E-state index contributed by atoms with van der Waals surface area (Å²) < 4.78 is 29.0. The standard InChI is InChI=1S/C20H30F2N8O4/c1-11(23)16(32)28-13(8-5-9-27-19(25)26)17(33)30-20(21,22)18(34)29-14(15(24)31)10-12-6-3-2-4-7-12/h2-4,6-7,11,13-14H,5,8-10,23H2,1H3,(H2,24,31)(H,28,32)(H,29,34)(H,30,33)(H4,25,26,27). The van der Waals surface area contributed by atoms with Gasteiger partial charge in [-0.25, -0.2) is 0 Å².